The van der Waals surface area contributed by atoms with Gasteiger partial charge in [-0.3, -0.25) is 9.59 Å². The number of nitrogens with one attached hydrogen (secondary N) is 2. The van der Waals surface area contributed by atoms with E-state index in [1.54, 1.807) is 60.7 Å². The van der Waals surface area contributed by atoms with Gasteiger partial charge in [-0.25, -0.2) is 0 Å². The molecule has 35 heavy (non-hydrogen) atoms. The van der Waals surface area contributed by atoms with Crippen molar-refractivity contribution in [2.45, 2.75) is 18.9 Å². The van der Waals surface area contributed by atoms with Crippen LogP contribution < -0.4 is 24.8 Å². The van der Waals surface area contributed by atoms with Crippen molar-refractivity contribution in [2.24, 2.45) is 0 Å². The minimum atomic E-state index is -0.339. The highest BCUT2D eigenvalue weighted by Gasteiger charge is 2.18. The number of anilines is 2. The Kier molecular flexibility index (Phi) is 7.84. The van der Waals surface area contributed by atoms with Crippen molar-refractivity contribution >= 4 is 23.2 Å². The number of hydrogen-bond donors (Lipinski definition) is 2. The zero-order valence-electron chi connectivity index (χ0n) is 19.7. The number of carbonyl (C=O) groups is 2. The van der Waals surface area contributed by atoms with Gasteiger partial charge in [-0.1, -0.05) is 24.3 Å². The van der Waals surface area contributed by atoms with Gasteiger partial charge in [0.2, 0.25) is 0 Å². The van der Waals surface area contributed by atoms with E-state index >= 15 is 0 Å². The highest BCUT2D eigenvalue weighted by atomic mass is 16.5. The third-order valence-electron chi connectivity index (χ3n) is 5.61. The lowest BCUT2D eigenvalue weighted by molar-refractivity contribution is 0.0679. The maximum absolute atomic E-state index is 13.0. The van der Waals surface area contributed by atoms with Crippen LogP contribution in [-0.2, 0) is 4.74 Å². The Hall–Kier alpha value is -4.04. The molecular weight excluding hydrogens is 448 g/mol. The fourth-order valence-electron chi connectivity index (χ4n) is 3.76. The SMILES string of the molecule is COc1cc(NC(=O)c2cccc(OCC3CCCO3)c2)c(OC)cc1NC(=O)c1ccccc1. The van der Waals surface area contributed by atoms with Crippen molar-refractivity contribution in [2.75, 3.05) is 38.1 Å². The van der Waals surface area contributed by atoms with Crippen molar-refractivity contribution in [1.82, 2.24) is 0 Å². The molecule has 0 saturated carbocycles. The Morgan fingerprint density at radius 1 is 0.857 bits per heavy atom. The number of carbonyl (C=O) groups excluding carboxylic acids is 2. The summed E-state index contributed by atoms with van der Waals surface area (Å²) < 4.78 is 22.3. The summed E-state index contributed by atoms with van der Waals surface area (Å²) in [6.07, 6.45) is 2.10. The molecule has 0 radical (unpaired) electrons. The van der Waals surface area contributed by atoms with Crippen LogP contribution in [0.2, 0.25) is 0 Å². The summed E-state index contributed by atoms with van der Waals surface area (Å²) in [6.45, 7) is 1.21. The lowest BCUT2D eigenvalue weighted by atomic mass is 10.1. The topological polar surface area (TPSA) is 95.1 Å². The molecule has 3 aromatic carbocycles. The molecule has 0 bridgehead atoms. The molecule has 1 aliphatic rings. The zero-order chi connectivity index (χ0) is 24.6. The van der Waals surface area contributed by atoms with E-state index in [0.717, 1.165) is 19.4 Å². The Morgan fingerprint density at radius 3 is 2.09 bits per heavy atom. The summed E-state index contributed by atoms with van der Waals surface area (Å²) in [5, 5.41) is 5.68. The molecule has 2 amide bonds. The molecular formula is C27H28N2O6. The summed E-state index contributed by atoms with van der Waals surface area (Å²) in [4.78, 5) is 25.6. The van der Waals surface area contributed by atoms with Crippen LogP contribution >= 0.6 is 0 Å². The maximum atomic E-state index is 13.0. The molecule has 1 fully saturated rings. The van der Waals surface area contributed by atoms with E-state index in [0.29, 0.717) is 46.4 Å². The number of ether oxygens (including phenoxy) is 4. The quantitative estimate of drug-likeness (QED) is 0.462. The van der Waals surface area contributed by atoms with E-state index in [1.165, 1.54) is 14.2 Å². The van der Waals surface area contributed by atoms with Crippen molar-refractivity contribution < 1.29 is 28.5 Å². The summed E-state index contributed by atoms with van der Waals surface area (Å²) in [5.41, 5.74) is 1.75. The van der Waals surface area contributed by atoms with Gasteiger partial charge in [0.15, 0.2) is 0 Å². The second-order valence-corrected chi connectivity index (χ2v) is 8.00. The molecule has 1 saturated heterocycles. The predicted molar refractivity (Wildman–Crippen MR) is 133 cm³/mol. The van der Waals surface area contributed by atoms with E-state index in [1.807, 2.05) is 6.07 Å². The van der Waals surface area contributed by atoms with Gasteiger partial charge in [0.1, 0.15) is 23.9 Å². The molecule has 1 aliphatic heterocycles. The van der Waals surface area contributed by atoms with Crippen molar-refractivity contribution in [3.63, 3.8) is 0 Å². The number of rotatable bonds is 9. The van der Waals surface area contributed by atoms with Gasteiger partial charge < -0.3 is 29.6 Å². The fraction of sp³-hybridized carbons (Fsp3) is 0.259. The summed E-state index contributed by atoms with van der Waals surface area (Å²) >= 11 is 0. The molecule has 182 valence electrons. The highest BCUT2D eigenvalue weighted by molar-refractivity contribution is 6.07. The number of hydrogen-bond acceptors (Lipinski definition) is 6. The van der Waals surface area contributed by atoms with Crippen LogP contribution in [-0.4, -0.2) is 45.4 Å². The Bertz CT molecular complexity index is 1180. The van der Waals surface area contributed by atoms with Gasteiger partial charge in [0, 0.05) is 29.9 Å². The minimum absolute atomic E-state index is 0.0881. The number of methoxy groups -OCH3 is 2. The molecule has 0 spiro atoms. The molecule has 4 rings (SSSR count). The molecule has 2 N–H and O–H groups in total. The largest absolute Gasteiger partial charge is 0.494 e. The lowest BCUT2D eigenvalue weighted by Crippen LogP contribution is -2.17. The van der Waals surface area contributed by atoms with Gasteiger partial charge in [-0.2, -0.15) is 0 Å². The summed E-state index contributed by atoms with van der Waals surface area (Å²) in [7, 11) is 2.97. The molecule has 0 aromatic heterocycles. The zero-order valence-corrected chi connectivity index (χ0v) is 19.7. The fourth-order valence-corrected chi connectivity index (χ4v) is 3.76. The molecule has 1 heterocycles. The van der Waals surface area contributed by atoms with Crippen LogP contribution in [0.1, 0.15) is 33.6 Å². The van der Waals surface area contributed by atoms with Gasteiger partial charge in [-0.15, -0.1) is 0 Å². The van der Waals surface area contributed by atoms with Crippen LogP contribution in [0, 0.1) is 0 Å². The van der Waals surface area contributed by atoms with E-state index in [-0.39, 0.29) is 17.9 Å². The maximum Gasteiger partial charge on any atom is 0.255 e. The molecule has 3 aromatic rings. The summed E-state index contributed by atoms with van der Waals surface area (Å²) in [5.74, 6) is 0.709. The predicted octanol–water partition coefficient (Wildman–Crippen LogP) is 4.77. The lowest BCUT2D eigenvalue weighted by Gasteiger charge is -2.16. The van der Waals surface area contributed by atoms with Crippen molar-refractivity contribution in [1.29, 1.82) is 0 Å². The van der Waals surface area contributed by atoms with Crippen LogP contribution in [0.3, 0.4) is 0 Å². The van der Waals surface area contributed by atoms with Gasteiger partial charge in [0.25, 0.3) is 11.8 Å². The first-order valence-corrected chi connectivity index (χ1v) is 11.4. The van der Waals surface area contributed by atoms with Gasteiger partial charge in [0.05, 0.1) is 31.7 Å². The highest BCUT2D eigenvalue weighted by Crippen LogP contribution is 2.37. The van der Waals surface area contributed by atoms with Crippen LogP contribution in [0.4, 0.5) is 11.4 Å². The van der Waals surface area contributed by atoms with Crippen LogP contribution in [0.5, 0.6) is 17.2 Å². The number of benzene rings is 3. The Balaban J connectivity index is 1.49. The summed E-state index contributed by atoms with van der Waals surface area (Å²) in [6, 6.07) is 19.0. The first kappa shape index (κ1) is 24.1. The van der Waals surface area contributed by atoms with E-state index in [2.05, 4.69) is 10.6 Å². The van der Waals surface area contributed by atoms with Gasteiger partial charge in [-0.05, 0) is 43.2 Å². The third kappa shape index (κ3) is 6.10. The first-order valence-electron chi connectivity index (χ1n) is 11.4. The van der Waals surface area contributed by atoms with Gasteiger partial charge >= 0.3 is 0 Å². The second kappa shape index (κ2) is 11.4. The van der Waals surface area contributed by atoms with Crippen molar-refractivity contribution in [3.8, 4) is 17.2 Å². The van der Waals surface area contributed by atoms with E-state index < -0.39 is 0 Å². The smallest absolute Gasteiger partial charge is 0.255 e. The van der Waals surface area contributed by atoms with E-state index in [4.69, 9.17) is 18.9 Å². The Labute approximate surface area is 204 Å². The average Bonchev–Trinajstić information content (AvgIpc) is 3.42. The third-order valence-corrected chi connectivity index (χ3v) is 5.61. The molecule has 8 nitrogen and oxygen atoms in total. The molecule has 0 aliphatic carbocycles. The second-order valence-electron chi connectivity index (χ2n) is 8.00. The Morgan fingerprint density at radius 2 is 1.49 bits per heavy atom. The van der Waals surface area contributed by atoms with E-state index in [9.17, 15) is 9.59 Å². The molecule has 1 unspecified atom stereocenters. The first-order chi connectivity index (χ1) is 17.1. The van der Waals surface area contributed by atoms with Crippen LogP contribution in [0.15, 0.2) is 66.7 Å². The molecule has 8 heteroatoms. The minimum Gasteiger partial charge on any atom is -0.494 e. The molecule has 1 atom stereocenters. The number of amides is 2. The monoisotopic (exact) mass is 476 g/mol. The normalized spacial score (nSPS) is 14.7. The van der Waals surface area contributed by atoms with Crippen molar-refractivity contribution in [3.05, 3.63) is 77.9 Å². The standard InChI is InChI=1S/C27H28N2O6/c1-32-24-16-23(25(33-2)15-22(24)28-26(30)18-8-4-3-5-9-18)29-27(31)19-10-6-11-20(14-19)35-17-21-12-7-13-34-21/h3-6,8-11,14-16,21H,7,12-13,17H2,1-2H3,(H,28,30)(H,29,31). The average molecular weight is 477 g/mol. The van der Waals surface area contributed by atoms with Crippen LogP contribution in [0.25, 0.3) is 0 Å².